The summed E-state index contributed by atoms with van der Waals surface area (Å²) in [7, 11) is 0. The van der Waals surface area contributed by atoms with Crippen molar-refractivity contribution in [1.29, 1.82) is 0 Å². The topological polar surface area (TPSA) is 75.6 Å². The number of aryl methyl sites for hydroxylation is 1. The van der Waals surface area contributed by atoms with Crippen molar-refractivity contribution in [3.05, 3.63) is 94.9 Å². The first-order valence-corrected chi connectivity index (χ1v) is 8.65. The third kappa shape index (κ3) is 3.77. The second-order valence-electron chi connectivity index (χ2n) is 6.51. The first-order chi connectivity index (χ1) is 12.9. The molecule has 5 nitrogen and oxygen atoms in total. The SMILES string of the molecule is Cc1cccc(C2(/C=C(\NC(=O)c3ccccc3)C(=O)O)CC=CO2)c1C. The number of carboxylic acid groups (broad SMARTS) is 1. The van der Waals surface area contributed by atoms with Gasteiger partial charge in [0.05, 0.1) is 6.26 Å². The van der Waals surface area contributed by atoms with Gasteiger partial charge in [0, 0.05) is 17.5 Å². The van der Waals surface area contributed by atoms with Gasteiger partial charge in [-0.05, 0) is 49.3 Å². The maximum absolute atomic E-state index is 12.4. The Hall–Kier alpha value is -3.34. The standard InChI is InChI=1S/C22H21NO4/c1-15-8-6-11-18(16(15)2)22(12-7-13-27-22)14-19(21(25)26)23-20(24)17-9-4-3-5-10-17/h3-11,13-14H,12H2,1-2H3,(H,23,24)(H,25,26)/b19-14-. The summed E-state index contributed by atoms with van der Waals surface area (Å²) in [5, 5.41) is 12.2. The highest BCUT2D eigenvalue weighted by Gasteiger charge is 2.36. The molecule has 0 radical (unpaired) electrons. The monoisotopic (exact) mass is 363 g/mol. The van der Waals surface area contributed by atoms with Crippen LogP contribution >= 0.6 is 0 Å². The smallest absolute Gasteiger partial charge is 0.352 e. The van der Waals surface area contributed by atoms with E-state index in [0.29, 0.717) is 12.0 Å². The molecule has 2 aromatic carbocycles. The Morgan fingerprint density at radius 1 is 1.11 bits per heavy atom. The molecule has 1 amide bonds. The van der Waals surface area contributed by atoms with Crippen molar-refractivity contribution in [2.45, 2.75) is 25.9 Å². The molecule has 1 atom stereocenters. The van der Waals surface area contributed by atoms with Crippen molar-refractivity contribution in [3.63, 3.8) is 0 Å². The van der Waals surface area contributed by atoms with E-state index in [2.05, 4.69) is 5.32 Å². The van der Waals surface area contributed by atoms with E-state index in [4.69, 9.17) is 4.74 Å². The third-order valence-corrected chi connectivity index (χ3v) is 4.75. The van der Waals surface area contributed by atoms with Gasteiger partial charge in [-0.2, -0.15) is 0 Å². The molecule has 138 valence electrons. The first-order valence-electron chi connectivity index (χ1n) is 8.65. The number of aliphatic carboxylic acids is 1. The van der Waals surface area contributed by atoms with Crippen LogP contribution in [-0.4, -0.2) is 17.0 Å². The molecule has 0 aliphatic carbocycles. The van der Waals surface area contributed by atoms with Gasteiger partial charge in [0.2, 0.25) is 0 Å². The predicted molar refractivity (Wildman–Crippen MR) is 102 cm³/mol. The van der Waals surface area contributed by atoms with Gasteiger partial charge in [0.25, 0.3) is 5.91 Å². The van der Waals surface area contributed by atoms with E-state index >= 15 is 0 Å². The summed E-state index contributed by atoms with van der Waals surface area (Å²) in [6.07, 6.45) is 5.38. The Bertz CT molecular complexity index is 921. The lowest BCUT2D eigenvalue weighted by Crippen LogP contribution is -2.32. The maximum atomic E-state index is 12.4. The van der Waals surface area contributed by atoms with Crippen LogP contribution in [0.1, 0.15) is 33.5 Å². The lowest BCUT2D eigenvalue weighted by atomic mass is 9.85. The second-order valence-corrected chi connectivity index (χ2v) is 6.51. The average molecular weight is 363 g/mol. The molecular weight excluding hydrogens is 342 g/mol. The minimum Gasteiger partial charge on any atom is -0.486 e. The van der Waals surface area contributed by atoms with Gasteiger partial charge in [0.15, 0.2) is 5.60 Å². The highest BCUT2D eigenvalue weighted by molar-refractivity contribution is 6.00. The number of hydrogen-bond acceptors (Lipinski definition) is 3. The van der Waals surface area contributed by atoms with Crippen LogP contribution in [0.3, 0.4) is 0 Å². The second kappa shape index (κ2) is 7.50. The number of ether oxygens (including phenoxy) is 1. The minimum atomic E-state index is -1.22. The van der Waals surface area contributed by atoms with Crippen LogP contribution in [0.4, 0.5) is 0 Å². The Morgan fingerprint density at radius 2 is 1.85 bits per heavy atom. The number of hydrogen-bond donors (Lipinski definition) is 2. The van der Waals surface area contributed by atoms with E-state index in [1.54, 1.807) is 36.6 Å². The van der Waals surface area contributed by atoms with E-state index in [0.717, 1.165) is 16.7 Å². The van der Waals surface area contributed by atoms with E-state index in [1.165, 1.54) is 6.08 Å². The molecule has 3 rings (SSSR count). The van der Waals surface area contributed by atoms with Crippen LogP contribution in [0.5, 0.6) is 0 Å². The molecule has 1 heterocycles. The summed E-state index contributed by atoms with van der Waals surface area (Å²) in [6.45, 7) is 3.97. The summed E-state index contributed by atoms with van der Waals surface area (Å²) < 4.78 is 5.86. The zero-order chi connectivity index (χ0) is 19.4. The van der Waals surface area contributed by atoms with Gasteiger partial charge in [-0.25, -0.2) is 4.79 Å². The number of carbonyl (C=O) groups excluding carboxylic acids is 1. The van der Waals surface area contributed by atoms with Crippen LogP contribution in [0.25, 0.3) is 0 Å². The third-order valence-electron chi connectivity index (χ3n) is 4.75. The molecule has 1 unspecified atom stereocenters. The molecule has 0 saturated heterocycles. The molecule has 0 saturated carbocycles. The van der Waals surface area contributed by atoms with Crippen LogP contribution in [-0.2, 0) is 15.1 Å². The molecule has 2 N–H and O–H groups in total. The molecule has 0 bridgehead atoms. The number of benzene rings is 2. The summed E-state index contributed by atoms with van der Waals surface area (Å²) in [5.74, 6) is -1.70. The van der Waals surface area contributed by atoms with Crippen LogP contribution in [0.15, 0.2) is 72.6 Å². The number of carbonyl (C=O) groups is 2. The Balaban J connectivity index is 2.00. The molecule has 0 aromatic heterocycles. The van der Waals surface area contributed by atoms with Crippen LogP contribution in [0, 0.1) is 13.8 Å². The fourth-order valence-corrected chi connectivity index (χ4v) is 3.16. The fourth-order valence-electron chi connectivity index (χ4n) is 3.16. The van der Waals surface area contributed by atoms with Crippen molar-refractivity contribution in [2.24, 2.45) is 0 Å². The summed E-state index contributed by atoms with van der Waals surface area (Å²) >= 11 is 0. The normalized spacial score (nSPS) is 18.8. The summed E-state index contributed by atoms with van der Waals surface area (Å²) in [5.41, 5.74) is 2.19. The van der Waals surface area contributed by atoms with Gasteiger partial charge in [-0.1, -0.05) is 36.4 Å². The van der Waals surface area contributed by atoms with Crippen molar-refractivity contribution in [3.8, 4) is 0 Å². The molecule has 0 fully saturated rings. The Morgan fingerprint density at radius 3 is 2.48 bits per heavy atom. The largest absolute Gasteiger partial charge is 0.486 e. The van der Waals surface area contributed by atoms with E-state index < -0.39 is 17.5 Å². The predicted octanol–water partition coefficient (Wildman–Crippen LogP) is 3.83. The van der Waals surface area contributed by atoms with Gasteiger partial charge >= 0.3 is 5.97 Å². The molecular formula is C22H21NO4. The van der Waals surface area contributed by atoms with Crippen molar-refractivity contribution in [2.75, 3.05) is 0 Å². The molecule has 1 aliphatic heterocycles. The number of carboxylic acids is 1. The highest BCUT2D eigenvalue weighted by Crippen LogP contribution is 2.39. The number of nitrogens with one attached hydrogen (secondary N) is 1. The van der Waals surface area contributed by atoms with E-state index in [9.17, 15) is 14.7 Å². The Labute approximate surface area is 158 Å². The zero-order valence-electron chi connectivity index (χ0n) is 15.2. The molecule has 27 heavy (non-hydrogen) atoms. The summed E-state index contributed by atoms with van der Waals surface area (Å²) in [4.78, 5) is 24.2. The number of amides is 1. The van der Waals surface area contributed by atoms with Crippen LogP contribution in [0.2, 0.25) is 0 Å². The van der Waals surface area contributed by atoms with E-state index in [-0.39, 0.29) is 5.70 Å². The molecule has 0 spiro atoms. The summed E-state index contributed by atoms with van der Waals surface area (Å²) in [6, 6.07) is 14.3. The average Bonchev–Trinajstić information content (AvgIpc) is 3.13. The molecule has 5 heteroatoms. The fraction of sp³-hybridized carbons (Fsp3) is 0.182. The first kappa shape index (κ1) is 18.5. The number of rotatable bonds is 5. The van der Waals surface area contributed by atoms with Crippen molar-refractivity contribution < 1.29 is 19.4 Å². The Kier molecular flexibility index (Phi) is 5.12. The lowest BCUT2D eigenvalue weighted by Gasteiger charge is -2.29. The van der Waals surface area contributed by atoms with Crippen LogP contribution < -0.4 is 5.32 Å². The molecule has 1 aliphatic rings. The van der Waals surface area contributed by atoms with Gasteiger partial charge in [0.1, 0.15) is 5.70 Å². The van der Waals surface area contributed by atoms with Gasteiger partial charge in [-0.15, -0.1) is 0 Å². The minimum absolute atomic E-state index is 0.214. The van der Waals surface area contributed by atoms with Gasteiger partial charge < -0.3 is 15.2 Å². The lowest BCUT2D eigenvalue weighted by molar-refractivity contribution is -0.133. The maximum Gasteiger partial charge on any atom is 0.352 e. The van der Waals surface area contributed by atoms with Gasteiger partial charge in [-0.3, -0.25) is 4.79 Å². The molecule has 2 aromatic rings. The van der Waals surface area contributed by atoms with Crippen molar-refractivity contribution in [1.82, 2.24) is 5.32 Å². The van der Waals surface area contributed by atoms with Crippen molar-refractivity contribution >= 4 is 11.9 Å². The quantitative estimate of drug-likeness (QED) is 0.792. The van der Waals surface area contributed by atoms with E-state index in [1.807, 2.05) is 38.1 Å². The highest BCUT2D eigenvalue weighted by atomic mass is 16.5. The zero-order valence-corrected chi connectivity index (χ0v) is 15.2.